The van der Waals surface area contributed by atoms with E-state index >= 15 is 0 Å². The second kappa shape index (κ2) is 6.35. The van der Waals surface area contributed by atoms with Crippen LogP contribution in [-0.4, -0.2) is 27.2 Å². The number of nitrogens with one attached hydrogen (secondary N) is 1. The number of rotatable bonds is 5. The summed E-state index contributed by atoms with van der Waals surface area (Å²) >= 11 is 0. The first-order chi connectivity index (χ1) is 9.56. The van der Waals surface area contributed by atoms with Crippen molar-refractivity contribution in [2.24, 2.45) is 18.2 Å². The molecule has 1 amide bonds. The lowest BCUT2D eigenvalue weighted by Crippen LogP contribution is -2.39. The van der Waals surface area contributed by atoms with E-state index < -0.39 is 0 Å². The average molecular weight is 279 g/mol. The number of carbonyl (C=O) groups is 1. The summed E-state index contributed by atoms with van der Waals surface area (Å²) in [6, 6.07) is -0.131. The van der Waals surface area contributed by atoms with Crippen LogP contribution in [0.3, 0.4) is 0 Å². The standard InChI is InChI=1S/C14H25N5O/c1-11(13-18-16-10-19(13)2)17-12(20)8-14(9-15)6-4-3-5-7-14/h10-11H,3-9,15H2,1-2H3,(H,17,20). The Bertz CT molecular complexity index is 450. The molecule has 1 saturated carbocycles. The normalized spacial score (nSPS) is 19.6. The number of hydrogen-bond acceptors (Lipinski definition) is 4. The third-order valence-electron chi connectivity index (χ3n) is 4.39. The van der Waals surface area contributed by atoms with E-state index in [1.54, 1.807) is 6.33 Å². The Morgan fingerprint density at radius 3 is 2.75 bits per heavy atom. The predicted octanol–water partition coefficient (Wildman–Crippen LogP) is 1.29. The molecule has 1 fully saturated rings. The van der Waals surface area contributed by atoms with Gasteiger partial charge in [-0.2, -0.15) is 0 Å². The van der Waals surface area contributed by atoms with Crippen LogP contribution < -0.4 is 11.1 Å². The van der Waals surface area contributed by atoms with Gasteiger partial charge in [-0.15, -0.1) is 10.2 Å². The Morgan fingerprint density at radius 2 is 2.20 bits per heavy atom. The smallest absolute Gasteiger partial charge is 0.221 e. The van der Waals surface area contributed by atoms with Gasteiger partial charge in [0.1, 0.15) is 6.33 Å². The zero-order chi connectivity index (χ0) is 14.6. The molecule has 0 aromatic carbocycles. The van der Waals surface area contributed by atoms with Gasteiger partial charge in [-0.05, 0) is 31.7 Å². The number of carbonyl (C=O) groups excluding carboxylic acids is 1. The summed E-state index contributed by atoms with van der Waals surface area (Å²) in [7, 11) is 1.88. The van der Waals surface area contributed by atoms with Crippen molar-refractivity contribution in [2.45, 2.75) is 51.5 Å². The molecule has 0 radical (unpaired) electrons. The van der Waals surface area contributed by atoms with Crippen molar-refractivity contribution in [2.75, 3.05) is 6.54 Å². The van der Waals surface area contributed by atoms with Crippen LogP contribution in [-0.2, 0) is 11.8 Å². The van der Waals surface area contributed by atoms with E-state index in [0.717, 1.165) is 18.7 Å². The van der Waals surface area contributed by atoms with Gasteiger partial charge in [-0.3, -0.25) is 4.79 Å². The second-order valence-corrected chi connectivity index (χ2v) is 6.03. The maximum Gasteiger partial charge on any atom is 0.221 e. The highest BCUT2D eigenvalue weighted by Crippen LogP contribution is 2.38. The lowest BCUT2D eigenvalue weighted by Gasteiger charge is -2.35. The molecule has 1 atom stereocenters. The van der Waals surface area contributed by atoms with Crippen LogP contribution in [0.1, 0.15) is 57.3 Å². The highest BCUT2D eigenvalue weighted by Gasteiger charge is 2.33. The molecule has 3 N–H and O–H groups in total. The zero-order valence-corrected chi connectivity index (χ0v) is 12.4. The predicted molar refractivity (Wildman–Crippen MR) is 76.8 cm³/mol. The molecule has 20 heavy (non-hydrogen) atoms. The summed E-state index contributed by atoms with van der Waals surface area (Å²) in [5.74, 6) is 0.830. The van der Waals surface area contributed by atoms with Crippen molar-refractivity contribution < 1.29 is 4.79 Å². The number of aryl methyl sites for hydroxylation is 1. The quantitative estimate of drug-likeness (QED) is 0.850. The first-order valence-corrected chi connectivity index (χ1v) is 7.40. The van der Waals surface area contributed by atoms with Gasteiger partial charge in [0.25, 0.3) is 0 Å². The average Bonchev–Trinajstić information content (AvgIpc) is 2.86. The maximum absolute atomic E-state index is 12.3. The molecule has 1 aromatic heterocycles. The van der Waals surface area contributed by atoms with Crippen LogP contribution in [0.5, 0.6) is 0 Å². The summed E-state index contributed by atoms with van der Waals surface area (Å²) < 4.78 is 1.82. The maximum atomic E-state index is 12.3. The molecule has 1 aliphatic carbocycles. The lowest BCUT2D eigenvalue weighted by molar-refractivity contribution is -0.124. The van der Waals surface area contributed by atoms with Crippen LogP contribution in [0, 0.1) is 5.41 Å². The highest BCUT2D eigenvalue weighted by molar-refractivity contribution is 5.77. The summed E-state index contributed by atoms with van der Waals surface area (Å²) in [6.07, 6.45) is 7.92. The fourth-order valence-corrected chi connectivity index (χ4v) is 3.14. The molecule has 0 bridgehead atoms. The van der Waals surface area contributed by atoms with E-state index in [0.29, 0.717) is 13.0 Å². The summed E-state index contributed by atoms with van der Waals surface area (Å²) in [4.78, 5) is 12.3. The van der Waals surface area contributed by atoms with Gasteiger partial charge in [0.2, 0.25) is 5.91 Å². The van der Waals surface area contributed by atoms with Crippen molar-refractivity contribution in [3.8, 4) is 0 Å². The Morgan fingerprint density at radius 1 is 1.50 bits per heavy atom. The second-order valence-electron chi connectivity index (χ2n) is 6.03. The fourth-order valence-electron chi connectivity index (χ4n) is 3.14. The first kappa shape index (κ1) is 15.0. The largest absolute Gasteiger partial charge is 0.346 e. The van der Waals surface area contributed by atoms with Crippen molar-refractivity contribution in [1.82, 2.24) is 20.1 Å². The van der Waals surface area contributed by atoms with E-state index in [2.05, 4.69) is 15.5 Å². The van der Waals surface area contributed by atoms with E-state index in [1.807, 2.05) is 18.5 Å². The molecule has 1 heterocycles. The van der Waals surface area contributed by atoms with E-state index in [1.165, 1.54) is 19.3 Å². The molecule has 1 aromatic rings. The number of hydrogen-bond donors (Lipinski definition) is 2. The van der Waals surface area contributed by atoms with Gasteiger partial charge in [-0.1, -0.05) is 19.3 Å². The van der Waals surface area contributed by atoms with Gasteiger partial charge in [-0.25, -0.2) is 0 Å². The molecule has 0 spiro atoms. The van der Waals surface area contributed by atoms with Crippen LogP contribution in [0.15, 0.2) is 6.33 Å². The molecule has 2 rings (SSSR count). The Balaban J connectivity index is 1.93. The number of amides is 1. The SMILES string of the molecule is CC(NC(=O)CC1(CN)CCCCC1)c1nncn1C. The van der Waals surface area contributed by atoms with E-state index in [-0.39, 0.29) is 17.4 Å². The lowest BCUT2D eigenvalue weighted by atomic mass is 9.71. The molecule has 1 unspecified atom stereocenters. The zero-order valence-electron chi connectivity index (χ0n) is 12.4. The third-order valence-corrected chi connectivity index (χ3v) is 4.39. The molecule has 6 nitrogen and oxygen atoms in total. The molecule has 6 heteroatoms. The Hall–Kier alpha value is -1.43. The Kier molecular flexibility index (Phi) is 4.75. The molecule has 0 aliphatic heterocycles. The monoisotopic (exact) mass is 279 g/mol. The first-order valence-electron chi connectivity index (χ1n) is 7.40. The number of nitrogens with zero attached hydrogens (tertiary/aromatic N) is 3. The van der Waals surface area contributed by atoms with Crippen LogP contribution >= 0.6 is 0 Å². The minimum atomic E-state index is -0.131. The number of nitrogens with two attached hydrogens (primary N) is 1. The third kappa shape index (κ3) is 3.36. The van der Waals surface area contributed by atoms with Crippen molar-refractivity contribution in [3.05, 3.63) is 12.2 Å². The van der Waals surface area contributed by atoms with Gasteiger partial charge in [0, 0.05) is 13.5 Å². The van der Waals surface area contributed by atoms with Gasteiger partial charge >= 0.3 is 0 Å². The van der Waals surface area contributed by atoms with Gasteiger partial charge in [0.05, 0.1) is 6.04 Å². The van der Waals surface area contributed by atoms with Crippen molar-refractivity contribution >= 4 is 5.91 Å². The topological polar surface area (TPSA) is 85.8 Å². The van der Waals surface area contributed by atoms with Gasteiger partial charge in [0.15, 0.2) is 5.82 Å². The van der Waals surface area contributed by atoms with Gasteiger partial charge < -0.3 is 15.6 Å². The fraction of sp³-hybridized carbons (Fsp3) is 0.786. The summed E-state index contributed by atoms with van der Waals surface area (Å²) in [6.45, 7) is 2.52. The van der Waals surface area contributed by atoms with Crippen LogP contribution in [0.4, 0.5) is 0 Å². The number of aromatic nitrogens is 3. The minimum absolute atomic E-state index is 0.00193. The van der Waals surface area contributed by atoms with Crippen molar-refractivity contribution in [3.63, 3.8) is 0 Å². The molecule has 1 aliphatic rings. The summed E-state index contributed by atoms with van der Waals surface area (Å²) in [5.41, 5.74) is 5.93. The minimum Gasteiger partial charge on any atom is -0.346 e. The molecular weight excluding hydrogens is 254 g/mol. The molecular formula is C14H25N5O. The summed E-state index contributed by atoms with van der Waals surface area (Å²) in [5, 5.41) is 10.9. The van der Waals surface area contributed by atoms with Crippen LogP contribution in [0.2, 0.25) is 0 Å². The Labute approximate surface area is 120 Å². The van der Waals surface area contributed by atoms with Crippen molar-refractivity contribution in [1.29, 1.82) is 0 Å². The molecule has 0 saturated heterocycles. The van der Waals surface area contributed by atoms with E-state index in [9.17, 15) is 4.79 Å². The van der Waals surface area contributed by atoms with Crippen LogP contribution in [0.25, 0.3) is 0 Å². The van der Waals surface area contributed by atoms with E-state index in [4.69, 9.17) is 5.73 Å². The molecule has 112 valence electrons. The highest BCUT2D eigenvalue weighted by atomic mass is 16.1.